The molecular formula is C17H8ClF3N4O2. The zero-order valence-electron chi connectivity index (χ0n) is 13.2. The van der Waals surface area contributed by atoms with E-state index in [1.807, 2.05) is 0 Å². The summed E-state index contributed by atoms with van der Waals surface area (Å²) >= 11 is 5.67. The normalized spacial score (nSPS) is 12.0. The van der Waals surface area contributed by atoms with Crippen molar-refractivity contribution in [2.24, 2.45) is 5.10 Å². The molecule has 0 saturated carbocycles. The van der Waals surface area contributed by atoms with Crippen molar-refractivity contribution < 1.29 is 22.5 Å². The van der Waals surface area contributed by atoms with Crippen LogP contribution in [-0.2, 0) is 6.18 Å². The van der Waals surface area contributed by atoms with E-state index in [1.54, 1.807) is 30.3 Å². The Morgan fingerprint density at radius 3 is 2.70 bits per heavy atom. The first kappa shape index (κ1) is 18.4. The summed E-state index contributed by atoms with van der Waals surface area (Å²) in [5.74, 6) is -0.840. The molecule has 0 saturated heterocycles. The number of para-hydroxylation sites is 1. The number of benzene rings is 2. The number of nitriles is 1. The highest BCUT2D eigenvalue weighted by Crippen LogP contribution is 2.33. The second-order valence-corrected chi connectivity index (χ2v) is 5.70. The van der Waals surface area contributed by atoms with Crippen LogP contribution in [0.25, 0.3) is 11.0 Å². The molecule has 0 aliphatic heterocycles. The molecular weight excluding hydrogens is 385 g/mol. The van der Waals surface area contributed by atoms with Crippen molar-refractivity contribution >= 4 is 39.8 Å². The van der Waals surface area contributed by atoms with Crippen molar-refractivity contribution in [2.45, 2.75) is 6.18 Å². The van der Waals surface area contributed by atoms with Gasteiger partial charge in [-0.15, -0.1) is 0 Å². The second kappa shape index (κ2) is 7.09. The molecule has 0 amide bonds. The third-order valence-electron chi connectivity index (χ3n) is 3.44. The fraction of sp³-hybridized carbons (Fsp3) is 0.0588. The molecule has 0 aliphatic carbocycles. The summed E-state index contributed by atoms with van der Waals surface area (Å²) in [6.45, 7) is 0. The number of aromatic nitrogens is 1. The van der Waals surface area contributed by atoms with Gasteiger partial charge in [0.25, 0.3) is 0 Å². The Bertz CT molecular complexity index is 1100. The molecule has 1 N–H and O–H groups in total. The molecule has 0 unspecified atom stereocenters. The molecule has 3 rings (SSSR count). The van der Waals surface area contributed by atoms with Gasteiger partial charge in [0, 0.05) is 5.02 Å². The van der Waals surface area contributed by atoms with Gasteiger partial charge in [-0.1, -0.05) is 28.9 Å². The summed E-state index contributed by atoms with van der Waals surface area (Å²) in [6.07, 6.45) is -4.61. The Morgan fingerprint density at radius 1 is 1.26 bits per heavy atom. The van der Waals surface area contributed by atoms with E-state index in [1.165, 1.54) is 6.07 Å². The number of hydrazone groups is 1. The van der Waals surface area contributed by atoms with Crippen LogP contribution in [0.5, 0.6) is 0 Å². The van der Waals surface area contributed by atoms with Crippen LogP contribution in [0, 0.1) is 11.3 Å². The van der Waals surface area contributed by atoms with Gasteiger partial charge in [0.15, 0.2) is 11.3 Å². The number of nitrogens with one attached hydrogen (secondary N) is 1. The predicted octanol–water partition coefficient (Wildman–Crippen LogP) is 4.67. The van der Waals surface area contributed by atoms with Crippen molar-refractivity contribution in [1.82, 2.24) is 5.16 Å². The third-order valence-corrected chi connectivity index (χ3v) is 3.65. The largest absolute Gasteiger partial charge is 0.416 e. The molecule has 0 atom stereocenters. The quantitative estimate of drug-likeness (QED) is 0.395. The van der Waals surface area contributed by atoms with Crippen molar-refractivity contribution in [3.05, 3.63) is 58.7 Å². The SMILES string of the molecule is N#CC(=NNc1cc(Cl)cc(C(F)(F)F)c1)C(=O)c1noc2ccccc12. The maximum atomic E-state index is 12.8. The van der Waals surface area contributed by atoms with Crippen molar-refractivity contribution in [1.29, 1.82) is 5.26 Å². The number of alkyl halides is 3. The minimum atomic E-state index is -4.61. The molecule has 0 fully saturated rings. The fourth-order valence-electron chi connectivity index (χ4n) is 2.23. The zero-order chi connectivity index (χ0) is 19.6. The summed E-state index contributed by atoms with van der Waals surface area (Å²) in [4.78, 5) is 12.4. The Kier molecular flexibility index (Phi) is 4.83. The lowest BCUT2D eigenvalue weighted by atomic mass is 10.1. The number of fused-ring (bicyclic) bond motifs is 1. The van der Waals surface area contributed by atoms with Crippen LogP contribution in [-0.4, -0.2) is 16.7 Å². The summed E-state index contributed by atoms with van der Waals surface area (Å²) in [7, 11) is 0. The highest BCUT2D eigenvalue weighted by atomic mass is 35.5. The van der Waals surface area contributed by atoms with Crippen molar-refractivity contribution in [3.63, 3.8) is 0 Å². The van der Waals surface area contributed by atoms with E-state index in [-0.39, 0.29) is 16.4 Å². The molecule has 6 nitrogen and oxygen atoms in total. The number of carbonyl (C=O) groups excluding carboxylic acids is 1. The third kappa shape index (κ3) is 3.91. The molecule has 1 heterocycles. The van der Waals surface area contributed by atoms with Crippen molar-refractivity contribution in [2.75, 3.05) is 5.43 Å². The Balaban J connectivity index is 1.91. The monoisotopic (exact) mass is 392 g/mol. The smallest absolute Gasteiger partial charge is 0.356 e. The van der Waals surface area contributed by atoms with Crippen LogP contribution in [0.4, 0.5) is 18.9 Å². The predicted molar refractivity (Wildman–Crippen MR) is 91.5 cm³/mol. The zero-order valence-corrected chi connectivity index (χ0v) is 14.0. The minimum absolute atomic E-state index is 0.130. The molecule has 0 bridgehead atoms. The number of carbonyl (C=O) groups is 1. The molecule has 27 heavy (non-hydrogen) atoms. The maximum Gasteiger partial charge on any atom is 0.416 e. The van der Waals surface area contributed by atoms with Gasteiger partial charge in [-0.2, -0.15) is 23.5 Å². The lowest BCUT2D eigenvalue weighted by molar-refractivity contribution is -0.137. The maximum absolute atomic E-state index is 12.8. The van der Waals surface area contributed by atoms with Gasteiger partial charge in [-0.05, 0) is 30.3 Å². The Labute approximate surface area is 154 Å². The van der Waals surface area contributed by atoms with Crippen molar-refractivity contribution in [3.8, 4) is 6.07 Å². The lowest BCUT2D eigenvalue weighted by Gasteiger charge is -2.09. The highest BCUT2D eigenvalue weighted by Gasteiger charge is 2.31. The first-order valence-corrected chi connectivity index (χ1v) is 7.68. The molecule has 0 radical (unpaired) electrons. The average molecular weight is 393 g/mol. The van der Waals surface area contributed by atoms with Crippen LogP contribution < -0.4 is 5.43 Å². The van der Waals surface area contributed by atoms with Gasteiger partial charge < -0.3 is 4.52 Å². The molecule has 2 aromatic carbocycles. The van der Waals surface area contributed by atoms with E-state index >= 15 is 0 Å². The summed E-state index contributed by atoms with van der Waals surface area (Å²) < 4.78 is 43.5. The fourth-order valence-corrected chi connectivity index (χ4v) is 2.46. The van der Waals surface area contributed by atoms with Gasteiger partial charge in [0.05, 0.1) is 16.6 Å². The number of nitrogens with zero attached hydrogens (tertiary/aromatic N) is 3. The molecule has 1 aromatic heterocycles. The molecule has 3 aromatic rings. The molecule has 0 spiro atoms. The van der Waals surface area contributed by atoms with Crippen LogP contribution in [0.1, 0.15) is 16.1 Å². The van der Waals surface area contributed by atoms with Crippen LogP contribution in [0.15, 0.2) is 52.1 Å². The first-order chi connectivity index (χ1) is 12.8. The van der Waals surface area contributed by atoms with Crippen LogP contribution in [0.2, 0.25) is 5.02 Å². The number of ketones is 1. The van der Waals surface area contributed by atoms with Gasteiger partial charge in [0.1, 0.15) is 6.07 Å². The topological polar surface area (TPSA) is 91.3 Å². The summed E-state index contributed by atoms with van der Waals surface area (Å²) in [5, 5.41) is 16.6. The van der Waals surface area contributed by atoms with Gasteiger partial charge in [-0.25, -0.2) is 0 Å². The number of Topliss-reactive ketones (excluding diaryl/α,β-unsaturated/α-hetero) is 1. The van der Waals surface area contributed by atoms with Gasteiger partial charge >= 0.3 is 6.18 Å². The van der Waals surface area contributed by atoms with E-state index in [2.05, 4.69) is 15.7 Å². The standard InChI is InChI=1S/C17H8ClF3N4O2/c18-10-5-9(17(19,20)21)6-11(7-10)23-24-13(8-22)16(26)15-12-3-1-2-4-14(12)27-25-15/h1-7,23H. The van der Waals surface area contributed by atoms with E-state index < -0.39 is 23.2 Å². The van der Waals surface area contributed by atoms with Gasteiger partial charge in [0.2, 0.25) is 11.5 Å². The van der Waals surface area contributed by atoms with E-state index in [9.17, 15) is 23.2 Å². The molecule has 10 heteroatoms. The molecule has 0 aliphatic rings. The van der Waals surface area contributed by atoms with E-state index in [4.69, 9.17) is 16.1 Å². The number of halogens is 4. The number of rotatable bonds is 4. The Morgan fingerprint density at radius 2 is 2.00 bits per heavy atom. The van der Waals surface area contributed by atoms with Crippen LogP contribution >= 0.6 is 11.6 Å². The van der Waals surface area contributed by atoms with E-state index in [0.29, 0.717) is 11.0 Å². The first-order valence-electron chi connectivity index (χ1n) is 7.30. The Hall–Kier alpha value is -3.38. The summed E-state index contributed by atoms with van der Waals surface area (Å²) in [6, 6.07) is 10.8. The minimum Gasteiger partial charge on any atom is -0.356 e. The molecule has 136 valence electrons. The van der Waals surface area contributed by atoms with Crippen LogP contribution in [0.3, 0.4) is 0 Å². The van der Waals surface area contributed by atoms with E-state index in [0.717, 1.165) is 12.1 Å². The summed E-state index contributed by atoms with van der Waals surface area (Å²) in [5.41, 5.74) is 0.708. The number of anilines is 1. The average Bonchev–Trinajstić information content (AvgIpc) is 3.05. The lowest BCUT2D eigenvalue weighted by Crippen LogP contribution is -2.15. The number of hydrogen-bond donors (Lipinski definition) is 1. The second-order valence-electron chi connectivity index (χ2n) is 5.27. The highest BCUT2D eigenvalue weighted by molar-refractivity contribution is 6.52. The number of hydrogen-bond acceptors (Lipinski definition) is 6. The van der Waals surface area contributed by atoms with Gasteiger partial charge in [-0.3, -0.25) is 10.2 Å².